The number of hydrogen-bond acceptors (Lipinski definition) is 5. The topological polar surface area (TPSA) is 83.3 Å². The minimum absolute atomic E-state index is 0.0939. The van der Waals surface area contributed by atoms with E-state index < -0.39 is 6.09 Å². The Morgan fingerprint density at radius 2 is 2.50 bits per heavy atom. The first-order chi connectivity index (χ1) is 6.72. The Morgan fingerprint density at radius 1 is 1.71 bits per heavy atom. The molecule has 6 nitrogen and oxygen atoms in total. The van der Waals surface area contributed by atoms with Gasteiger partial charge in [-0.3, -0.25) is 0 Å². The zero-order valence-electron chi connectivity index (χ0n) is 7.84. The minimum Gasteiger partial charge on any atom is -0.447 e. The average molecular weight is 203 g/mol. The third-order valence-electron chi connectivity index (χ3n) is 2.46. The van der Waals surface area contributed by atoms with Crippen molar-refractivity contribution in [3.8, 4) is 0 Å². The third-order valence-corrected chi connectivity index (χ3v) is 2.46. The van der Waals surface area contributed by atoms with Crippen LogP contribution in [0, 0.1) is 0 Å². The summed E-state index contributed by atoms with van der Waals surface area (Å²) in [5.74, 6) is 0. The Balaban J connectivity index is 1.82. The lowest BCUT2D eigenvalue weighted by Crippen LogP contribution is -2.37. The number of methoxy groups -OCH3 is 1. The number of amides is 1. The number of nitrogens with two attached hydrogens (primary N) is 1. The van der Waals surface area contributed by atoms with E-state index in [1.807, 2.05) is 0 Å². The van der Waals surface area contributed by atoms with Gasteiger partial charge < -0.3 is 24.7 Å². The van der Waals surface area contributed by atoms with E-state index in [1.165, 1.54) is 7.11 Å². The summed E-state index contributed by atoms with van der Waals surface area (Å²) in [7, 11) is 1.54. The molecule has 80 valence electrons. The molecular weight excluding hydrogens is 190 g/mol. The standard InChI is InChI=1S/C8H13NO5/c1-11-4(2-13-8(9)10)6-7-5(14-7)3-12-6/h4-7H,2-3H2,1H3,(H2,9,10)/t4?,5-,6-,7-/m1/s1. The molecule has 0 spiro atoms. The van der Waals surface area contributed by atoms with Gasteiger partial charge in [-0.1, -0.05) is 0 Å². The van der Waals surface area contributed by atoms with E-state index in [2.05, 4.69) is 4.74 Å². The van der Waals surface area contributed by atoms with Crippen LogP contribution >= 0.6 is 0 Å². The van der Waals surface area contributed by atoms with Crippen molar-refractivity contribution < 1.29 is 23.7 Å². The number of rotatable bonds is 4. The van der Waals surface area contributed by atoms with Crippen LogP contribution in [-0.2, 0) is 18.9 Å². The highest BCUT2D eigenvalue weighted by molar-refractivity contribution is 5.64. The van der Waals surface area contributed by atoms with E-state index in [1.54, 1.807) is 0 Å². The molecule has 2 aliphatic rings. The number of fused-ring (bicyclic) bond motifs is 1. The van der Waals surface area contributed by atoms with Crippen molar-refractivity contribution in [3.63, 3.8) is 0 Å². The minimum atomic E-state index is -0.807. The Hall–Kier alpha value is -0.850. The second-order valence-corrected chi connectivity index (χ2v) is 3.34. The quantitative estimate of drug-likeness (QED) is 0.608. The van der Waals surface area contributed by atoms with Crippen molar-refractivity contribution in [1.82, 2.24) is 0 Å². The van der Waals surface area contributed by atoms with Crippen LogP contribution in [-0.4, -0.2) is 50.8 Å². The summed E-state index contributed by atoms with van der Waals surface area (Å²) >= 11 is 0. The first-order valence-electron chi connectivity index (χ1n) is 4.44. The number of epoxide rings is 1. The lowest BCUT2D eigenvalue weighted by Gasteiger charge is -2.21. The largest absolute Gasteiger partial charge is 0.447 e. The highest BCUT2D eigenvalue weighted by Gasteiger charge is 2.54. The fourth-order valence-electron chi connectivity index (χ4n) is 1.66. The van der Waals surface area contributed by atoms with Crippen LogP contribution in [0.2, 0.25) is 0 Å². The Bertz CT molecular complexity index is 234. The molecule has 6 heteroatoms. The molecule has 2 aliphatic heterocycles. The maximum Gasteiger partial charge on any atom is 0.404 e. The highest BCUT2D eigenvalue weighted by atomic mass is 16.7. The molecular formula is C8H13NO5. The van der Waals surface area contributed by atoms with Gasteiger partial charge in [-0.05, 0) is 0 Å². The van der Waals surface area contributed by atoms with Crippen LogP contribution in [0.15, 0.2) is 0 Å². The molecule has 2 heterocycles. The lowest BCUT2D eigenvalue weighted by molar-refractivity contribution is -0.0833. The molecule has 0 bridgehead atoms. The smallest absolute Gasteiger partial charge is 0.404 e. The van der Waals surface area contributed by atoms with Crippen LogP contribution < -0.4 is 5.73 Å². The summed E-state index contributed by atoms with van der Waals surface area (Å²) in [5.41, 5.74) is 4.85. The predicted molar refractivity (Wildman–Crippen MR) is 44.7 cm³/mol. The number of ether oxygens (including phenoxy) is 4. The van der Waals surface area contributed by atoms with Gasteiger partial charge in [0.1, 0.15) is 31.0 Å². The molecule has 1 unspecified atom stereocenters. The fraction of sp³-hybridized carbons (Fsp3) is 0.875. The second-order valence-electron chi connectivity index (χ2n) is 3.34. The van der Waals surface area contributed by atoms with E-state index in [-0.39, 0.29) is 31.0 Å². The van der Waals surface area contributed by atoms with Crippen molar-refractivity contribution in [2.45, 2.75) is 24.4 Å². The first kappa shape index (κ1) is 9.70. The summed E-state index contributed by atoms with van der Waals surface area (Å²) in [6, 6.07) is 0. The van der Waals surface area contributed by atoms with Crippen LogP contribution in [0.3, 0.4) is 0 Å². The molecule has 0 aliphatic carbocycles. The molecule has 1 amide bonds. The van der Waals surface area contributed by atoms with Gasteiger partial charge in [-0.25, -0.2) is 4.79 Å². The molecule has 2 fully saturated rings. The van der Waals surface area contributed by atoms with Gasteiger partial charge in [-0.2, -0.15) is 0 Å². The second kappa shape index (κ2) is 3.72. The Kier molecular flexibility index (Phi) is 2.58. The molecule has 0 saturated carbocycles. The maximum absolute atomic E-state index is 10.4. The number of primary amides is 1. The van der Waals surface area contributed by atoms with Crippen LogP contribution in [0.5, 0.6) is 0 Å². The number of carbonyl (C=O) groups excluding carboxylic acids is 1. The van der Waals surface area contributed by atoms with Crippen molar-refractivity contribution in [3.05, 3.63) is 0 Å². The number of hydrogen-bond donors (Lipinski definition) is 1. The molecule has 4 atom stereocenters. The summed E-state index contributed by atoms with van der Waals surface area (Å²) in [6.45, 7) is 0.689. The van der Waals surface area contributed by atoms with Crippen molar-refractivity contribution in [1.29, 1.82) is 0 Å². The van der Waals surface area contributed by atoms with Gasteiger partial charge in [-0.15, -0.1) is 0 Å². The van der Waals surface area contributed by atoms with Crippen molar-refractivity contribution in [2.75, 3.05) is 20.3 Å². The van der Waals surface area contributed by atoms with Crippen LogP contribution in [0.4, 0.5) is 4.79 Å². The SMILES string of the molecule is COC(COC(N)=O)[C@H]1OC[C@H]2O[C@@H]12. The molecule has 2 saturated heterocycles. The highest BCUT2D eigenvalue weighted by Crippen LogP contribution is 2.36. The normalized spacial score (nSPS) is 36.2. The molecule has 0 aromatic carbocycles. The predicted octanol–water partition coefficient (Wildman–Crippen LogP) is -0.737. The summed E-state index contributed by atoms with van der Waals surface area (Å²) in [6.07, 6.45) is -0.967. The van der Waals surface area contributed by atoms with E-state index in [4.69, 9.17) is 19.9 Å². The van der Waals surface area contributed by atoms with Gasteiger partial charge in [0.05, 0.1) is 6.61 Å². The summed E-state index contributed by atoms with van der Waals surface area (Å²) < 4.78 is 20.5. The van der Waals surface area contributed by atoms with E-state index in [9.17, 15) is 4.79 Å². The zero-order valence-corrected chi connectivity index (χ0v) is 7.84. The third kappa shape index (κ3) is 1.82. The number of carbonyl (C=O) groups is 1. The lowest BCUT2D eigenvalue weighted by atomic mass is 10.1. The van der Waals surface area contributed by atoms with Gasteiger partial charge >= 0.3 is 6.09 Å². The van der Waals surface area contributed by atoms with Crippen molar-refractivity contribution >= 4 is 6.09 Å². The van der Waals surface area contributed by atoms with Gasteiger partial charge in [0.15, 0.2) is 0 Å². The summed E-state index contributed by atoms with van der Waals surface area (Å²) in [4.78, 5) is 10.4. The summed E-state index contributed by atoms with van der Waals surface area (Å²) in [5, 5.41) is 0. The monoisotopic (exact) mass is 203 g/mol. The van der Waals surface area contributed by atoms with Crippen molar-refractivity contribution in [2.24, 2.45) is 5.73 Å². The van der Waals surface area contributed by atoms with Gasteiger partial charge in [0.25, 0.3) is 0 Å². The van der Waals surface area contributed by atoms with E-state index >= 15 is 0 Å². The van der Waals surface area contributed by atoms with Gasteiger partial charge in [0.2, 0.25) is 0 Å². The molecule has 2 rings (SSSR count). The van der Waals surface area contributed by atoms with Crippen LogP contribution in [0.25, 0.3) is 0 Å². The fourth-order valence-corrected chi connectivity index (χ4v) is 1.66. The van der Waals surface area contributed by atoms with Crippen LogP contribution in [0.1, 0.15) is 0 Å². The van der Waals surface area contributed by atoms with Gasteiger partial charge in [0, 0.05) is 7.11 Å². The van der Waals surface area contributed by atoms with E-state index in [0.29, 0.717) is 6.61 Å². The molecule has 0 aromatic rings. The molecule has 14 heavy (non-hydrogen) atoms. The van der Waals surface area contributed by atoms with E-state index in [0.717, 1.165) is 0 Å². The maximum atomic E-state index is 10.4. The molecule has 0 aromatic heterocycles. The average Bonchev–Trinajstić information content (AvgIpc) is 2.82. The first-order valence-corrected chi connectivity index (χ1v) is 4.44. The Labute approximate surface area is 81.2 Å². The Morgan fingerprint density at radius 3 is 2.93 bits per heavy atom. The molecule has 2 N–H and O–H groups in total. The zero-order chi connectivity index (χ0) is 10.1. The molecule has 0 radical (unpaired) electrons.